The van der Waals surface area contributed by atoms with Crippen molar-refractivity contribution >= 4 is 26.7 Å². The van der Waals surface area contributed by atoms with Gasteiger partial charge >= 0.3 is 0 Å². The molecule has 0 fully saturated rings. The molecule has 0 saturated heterocycles. The molecule has 5 nitrogen and oxygen atoms in total. The Morgan fingerprint density at radius 3 is 2.47 bits per heavy atom. The van der Waals surface area contributed by atoms with Crippen molar-refractivity contribution in [1.82, 2.24) is 9.55 Å². The van der Waals surface area contributed by atoms with Crippen molar-refractivity contribution in [2.24, 2.45) is 7.05 Å². The maximum atomic E-state index is 12.8. The molecule has 0 amide bonds. The maximum Gasteiger partial charge on any atom is 0.261 e. The number of benzene rings is 3. The molecular formula is C24H25N3O2S. The van der Waals surface area contributed by atoms with Gasteiger partial charge in [-0.05, 0) is 73.4 Å². The molecule has 1 heterocycles. The Hall–Kier alpha value is -3.12. The highest BCUT2D eigenvalue weighted by Gasteiger charge is 2.15. The predicted octanol–water partition coefficient (Wildman–Crippen LogP) is 4.78. The van der Waals surface area contributed by atoms with E-state index in [1.165, 1.54) is 0 Å². The molecule has 3 aromatic carbocycles. The van der Waals surface area contributed by atoms with Crippen LogP contribution in [0.25, 0.3) is 11.0 Å². The van der Waals surface area contributed by atoms with E-state index in [-0.39, 0.29) is 4.90 Å². The van der Waals surface area contributed by atoms with Crippen LogP contribution >= 0.6 is 0 Å². The summed E-state index contributed by atoms with van der Waals surface area (Å²) in [4.78, 5) is 4.99. The first-order valence-electron chi connectivity index (χ1n) is 9.93. The number of sulfonamides is 1. The first-order valence-corrected chi connectivity index (χ1v) is 11.4. The maximum absolute atomic E-state index is 12.8. The van der Waals surface area contributed by atoms with Crippen LogP contribution in [0.15, 0.2) is 71.6 Å². The molecule has 6 heteroatoms. The number of para-hydroxylation sites is 2. The van der Waals surface area contributed by atoms with Gasteiger partial charge in [0.25, 0.3) is 10.0 Å². The van der Waals surface area contributed by atoms with Crippen LogP contribution in [0.2, 0.25) is 0 Å². The summed E-state index contributed by atoms with van der Waals surface area (Å²) in [5.74, 6) is 1.01. The van der Waals surface area contributed by atoms with Crippen LogP contribution in [-0.2, 0) is 29.9 Å². The quantitative estimate of drug-likeness (QED) is 0.489. The fourth-order valence-corrected chi connectivity index (χ4v) is 4.69. The number of nitrogens with one attached hydrogen (secondary N) is 1. The Morgan fingerprint density at radius 1 is 0.900 bits per heavy atom. The van der Waals surface area contributed by atoms with Crippen molar-refractivity contribution in [2.45, 2.75) is 31.6 Å². The third kappa shape index (κ3) is 4.09. The minimum Gasteiger partial charge on any atom is -0.331 e. The van der Waals surface area contributed by atoms with Crippen LogP contribution in [0.3, 0.4) is 0 Å². The van der Waals surface area contributed by atoms with Crippen LogP contribution in [0.4, 0.5) is 5.69 Å². The Morgan fingerprint density at radius 2 is 1.70 bits per heavy atom. The lowest BCUT2D eigenvalue weighted by atomic mass is 10.1. The summed E-state index contributed by atoms with van der Waals surface area (Å²) >= 11 is 0. The third-order valence-corrected chi connectivity index (χ3v) is 6.86. The summed E-state index contributed by atoms with van der Waals surface area (Å²) in [6.07, 6.45) is 1.55. The van der Waals surface area contributed by atoms with Gasteiger partial charge in [-0.15, -0.1) is 0 Å². The molecule has 0 saturated carbocycles. The van der Waals surface area contributed by atoms with Crippen LogP contribution in [-0.4, -0.2) is 18.0 Å². The van der Waals surface area contributed by atoms with Gasteiger partial charge in [-0.3, -0.25) is 4.72 Å². The summed E-state index contributed by atoms with van der Waals surface area (Å²) in [7, 11) is -1.60. The summed E-state index contributed by atoms with van der Waals surface area (Å²) in [6, 6.07) is 20.8. The molecule has 0 unspecified atom stereocenters. The SMILES string of the molecule is Cc1ccc(S(=O)(=O)Nc2cccc(CCc3nc4ccccc4n3C)c2)cc1C. The third-order valence-electron chi connectivity index (χ3n) is 5.48. The van der Waals surface area contributed by atoms with Crippen molar-refractivity contribution in [3.05, 3.63) is 89.2 Å². The van der Waals surface area contributed by atoms with Gasteiger partial charge in [0.2, 0.25) is 0 Å². The largest absolute Gasteiger partial charge is 0.331 e. The lowest BCUT2D eigenvalue weighted by molar-refractivity contribution is 0.601. The zero-order chi connectivity index (χ0) is 21.3. The van der Waals surface area contributed by atoms with E-state index in [2.05, 4.69) is 15.4 Å². The second-order valence-corrected chi connectivity index (χ2v) is 9.31. The fourth-order valence-electron chi connectivity index (χ4n) is 3.56. The second-order valence-electron chi connectivity index (χ2n) is 7.63. The molecule has 4 aromatic rings. The average Bonchev–Trinajstić information content (AvgIpc) is 3.04. The van der Waals surface area contributed by atoms with Gasteiger partial charge < -0.3 is 4.57 Å². The number of aromatic nitrogens is 2. The molecule has 1 N–H and O–H groups in total. The number of hydrogen-bond acceptors (Lipinski definition) is 3. The molecule has 0 atom stereocenters. The first kappa shape index (κ1) is 20.2. The van der Waals surface area contributed by atoms with Crippen LogP contribution in [0, 0.1) is 13.8 Å². The average molecular weight is 420 g/mol. The normalized spacial score (nSPS) is 11.7. The van der Waals surface area contributed by atoms with E-state index in [0.717, 1.165) is 46.4 Å². The molecule has 0 aliphatic rings. The molecule has 1 aromatic heterocycles. The number of nitrogens with zero attached hydrogens (tertiary/aromatic N) is 2. The summed E-state index contributed by atoms with van der Waals surface area (Å²) in [5, 5.41) is 0. The molecule has 30 heavy (non-hydrogen) atoms. The van der Waals surface area contributed by atoms with E-state index in [1.54, 1.807) is 18.2 Å². The summed E-state index contributed by atoms with van der Waals surface area (Å²) in [6.45, 7) is 3.88. The van der Waals surface area contributed by atoms with Crippen molar-refractivity contribution in [3.63, 3.8) is 0 Å². The smallest absolute Gasteiger partial charge is 0.261 e. The first-order chi connectivity index (χ1) is 14.3. The number of rotatable bonds is 6. The van der Waals surface area contributed by atoms with Gasteiger partial charge in [0.1, 0.15) is 5.82 Å². The monoisotopic (exact) mass is 419 g/mol. The number of anilines is 1. The lowest BCUT2D eigenvalue weighted by Gasteiger charge is -2.11. The zero-order valence-corrected chi connectivity index (χ0v) is 18.2. The van der Waals surface area contributed by atoms with Crippen molar-refractivity contribution in [2.75, 3.05) is 4.72 Å². The van der Waals surface area contributed by atoms with E-state index in [0.29, 0.717) is 5.69 Å². The summed E-state index contributed by atoms with van der Waals surface area (Å²) < 4.78 is 30.4. The molecule has 0 spiro atoms. The Kier molecular flexibility index (Phi) is 5.35. The highest BCUT2D eigenvalue weighted by molar-refractivity contribution is 7.92. The highest BCUT2D eigenvalue weighted by Crippen LogP contribution is 2.21. The van der Waals surface area contributed by atoms with Gasteiger partial charge in [-0.2, -0.15) is 0 Å². The zero-order valence-electron chi connectivity index (χ0n) is 17.4. The lowest BCUT2D eigenvalue weighted by Crippen LogP contribution is -2.13. The van der Waals surface area contributed by atoms with E-state index < -0.39 is 10.0 Å². The van der Waals surface area contributed by atoms with Gasteiger partial charge in [-0.25, -0.2) is 13.4 Å². The molecule has 4 rings (SSSR count). The minimum absolute atomic E-state index is 0.274. The van der Waals surface area contributed by atoms with Gasteiger partial charge in [0.05, 0.1) is 15.9 Å². The van der Waals surface area contributed by atoms with E-state index in [4.69, 9.17) is 4.98 Å². The van der Waals surface area contributed by atoms with Crippen LogP contribution < -0.4 is 4.72 Å². The fraction of sp³-hybridized carbons (Fsp3) is 0.208. The minimum atomic E-state index is -3.63. The van der Waals surface area contributed by atoms with E-state index in [9.17, 15) is 8.42 Å². The molecule has 0 radical (unpaired) electrons. The standard InChI is InChI=1S/C24H25N3O2S/c1-17-11-13-21(15-18(17)2)30(28,29)26-20-8-6-7-19(16-20)12-14-24-25-22-9-4-5-10-23(22)27(24)3/h4-11,13,15-16,26H,12,14H2,1-3H3. The highest BCUT2D eigenvalue weighted by atomic mass is 32.2. The molecule has 0 aliphatic carbocycles. The van der Waals surface area contributed by atoms with Crippen LogP contribution in [0.5, 0.6) is 0 Å². The molecule has 0 aliphatic heterocycles. The predicted molar refractivity (Wildman–Crippen MR) is 121 cm³/mol. The number of fused-ring (bicyclic) bond motifs is 1. The van der Waals surface area contributed by atoms with Crippen molar-refractivity contribution in [3.8, 4) is 0 Å². The Bertz CT molecular complexity index is 1320. The summed E-state index contributed by atoms with van der Waals surface area (Å²) in [5.41, 5.74) is 5.75. The van der Waals surface area contributed by atoms with Crippen LogP contribution in [0.1, 0.15) is 22.5 Å². The Balaban J connectivity index is 1.51. The van der Waals surface area contributed by atoms with Gasteiger partial charge in [0, 0.05) is 19.2 Å². The van der Waals surface area contributed by atoms with E-state index in [1.807, 2.05) is 63.4 Å². The van der Waals surface area contributed by atoms with Gasteiger partial charge in [-0.1, -0.05) is 30.3 Å². The topological polar surface area (TPSA) is 64.0 Å². The van der Waals surface area contributed by atoms with Crippen molar-refractivity contribution in [1.29, 1.82) is 0 Å². The number of imidazole rings is 1. The van der Waals surface area contributed by atoms with E-state index >= 15 is 0 Å². The second kappa shape index (κ2) is 7.95. The van der Waals surface area contributed by atoms with Crippen molar-refractivity contribution < 1.29 is 8.42 Å². The number of aryl methyl sites for hydroxylation is 5. The molecule has 0 bridgehead atoms. The molecular weight excluding hydrogens is 394 g/mol. The van der Waals surface area contributed by atoms with Gasteiger partial charge in [0.15, 0.2) is 0 Å². The Labute approximate surface area is 177 Å². The molecule has 154 valence electrons. The number of hydrogen-bond donors (Lipinski definition) is 1.